The van der Waals surface area contributed by atoms with Gasteiger partial charge >= 0.3 is 5.97 Å². The van der Waals surface area contributed by atoms with Gasteiger partial charge in [-0.3, -0.25) is 4.68 Å². The largest absolute Gasteiger partial charge is 0.476 e. The Hall–Kier alpha value is -1.89. The van der Waals surface area contributed by atoms with Crippen LogP contribution < -0.4 is 5.73 Å². The quantitative estimate of drug-likeness (QED) is 0.799. The molecule has 0 aliphatic rings. The van der Waals surface area contributed by atoms with Crippen molar-refractivity contribution in [1.29, 1.82) is 0 Å². The van der Waals surface area contributed by atoms with Crippen LogP contribution in [0, 0.1) is 0 Å². The molecule has 2 heterocycles. The van der Waals surface area contributed by atoms with Gasteiger partial charge in [-0.25, -0.2) is 9.17 Å². The Morgan fingerprint density at radius 2 is 2.47 bits per heavy atom. The summed E-state index contributed by atoms with van der Waals surface area (Å²) in [5.41, 5.74) is 5.56. The van der Waals surface area contributed by atoms with Gasteiger partial charge in [-0.15, -0.1) is 0 Å². The smallest absolute Gasteiger partial charge is 0.358 e. The monoisotopic (exact) mass is 224 g/mol. The standard InChI is InChI=1S/C8H8N4O2S/c9-6-4-12(11-7(6)8(13)14)3-5-1-2-10-15-5/h1-2,4H,3,9H2,(H,13,14). The third-order valence-electron chi connectivity index (χ3n) is 1.80. The van der Waals surface area contributed by atoms with Crippen LogP contribution in [0.3, 0.4) is 0 Å². The van der Waals surface area contributed by atoms with E-state index in [2.05, 4.69) is 9.47 Å². The fourth-order valence-electron chi connectivity index (χ4n) is 1.17. The van der Waals surface area contributed by atoms with E-state index >= 15 is 0 Å². The number of rotatable bonds is 3. The van der Waals surface area contributed by atoms with Crippen LogP contribution in [0.5, 0.6) is 0 Å². The topological polar surface area (TPSA) is 94.0 Å². The summed E-state index contributed by atoms with van der Waals surface area (Å²) in [5, 5.41) is 12.6. The van der Waals surface area contributed by atoms with Gasteiger partial charge in [0.05, 0.1) is 12.2 Å². The molecule has 2 aromatic rings. The normalized spacial score (nSPS) is 10.4. The van der Waals surface area contributed by atoms with E-state index in [4.69, 9.17) is 10.8 Å². The zero-order chi connectivity index (χ0) is 10.8. The lowest BCUT2D eigenvalue weighted by Gasteiger charge is -1.95. The molecule has 0 fully saturated rings. The Bertz CT molecular complexity index is 477. The molecule has 15 heavy (non-hydrogen) atoms. The van der Waals surface area contributed by atoms with Crippen molar-refractivity contribution >= 4 is 23.2 Å². The molecule has 7 heteroatoms. The average molecular weight is 224 g/mol. The lowest BCUT2D eigenvalue weighted by Crippen LogP contribution is -2.03. The minimum Gasteiger partial charge on any atom is -0.476 e. The van der Waals surface area contributed by atoms with Gasteiger partial charge in [-0.05, 0) is 17.6 Å². The molecule has 3 N–H and O–H groups in total. The number of carbonyl (C=O) groups is 1. The Labute approximate surface area is 89.1 Å². The number of carboxylic acids is 1. The van der Waals surface area contributed by atoms with E-state index < -0.39 is 5.97 Å². The van der Waals surface area contributed by atoms with Gasteiger partial charge < -0.3 is 10.8 Å². The first-order chi connectivity index (χ1) is 7.16. The van der Waals surface area contributed by atoms with Gasteiger partial charge in [-0.2, -0.15) is 5.10 Å². The summed E-state index contributed by atoms with van der Waals surface area (Å²) in [7, 11) is 0. The average Bonchev–Trinajstić information content (AvgIpc) is 2.75. The summed E-state index contributed by atoms with van der Waals surface area (Å²) >= 11 is 1.34. The lowest BCUT2D eigenvalue weighted by atomic mass is 10.4. The van der Waals surface area contributed by atoms with Gasteiger partial charge in [0, 0.05) is 17.3 Å². The van der Waals surface area contributed by atoms with Gasteiger partial charge in [-0.1, -0.05) is 0 Å². The van der Waals surface area contributed by atoms with Crippen molar-refractivity contribution in [3.63, 3.8) is 0 Å². The Kier molecular flexibility index (Phi) is 2.38. The molecular weight excluding hydrogens is 216 g/mol. The van der Waals surface area contributed by atoms with Crippen LogP contribution in [0.15, 0.2) is 18.5 Å². The molecule has 2 rings (SSSR count). The summed E-state index contributed by atoms with van der Waals surface area (Å²) in [6.07, 6.45) is 3.19. The second-order valence-corrected chi connectivity index (χ2v) is 3.83. The molecule has 0 atom stereocenters. The summed E-state index contributed by atoms with van der Waals surface area (Å²) in [4.78, 5) is 11.7. The molecule has 0 amide bonds. The van der Waals surface area contributed by atoms with E-state index in [1.807, 2.05) is 6.07 Å². The summed E-state index contributed by atoms with van der Waals surface area (Å²) in [6.45, 7) is 0.488. The minimum absolute atomic E-state index is 0.112. The molecular formula is C8H8N4O2S. The van der Waals surface area contributed by atoms with Crippen molar-refractivity contribution in [3.05, 3.63) is 29.0 Å². The second-order valence-electron chi connectivity index (χ2n) is 2.91. The third kappa shape index (κ3) is 1.96. The highest BCUT2D eigenvalue weighted by Gasteiger charge is 2.13. The maximum absolute atomic E-state index is 10.7. The van der Waals surface area contributed by atoms with Crippen molar-refractivity contribution in [2.45, 2.75) is 6.54 Å². The van der Waals surface area contributed by atoms with E-state index in [-0.39, 0.29) is 11.4 Å². The van der Waals surface area contributed by atoms with Crippen LogP contribution in [-0.2, 0) is 6.54 Å². The molecule has 6 nitrogen and oxygen atoms in total. The SMILES string of the molecule is Nc1cn(Cc2ccns2)nc1C(=O)O. The van der Waals surface area contributed by atoms with Crippen LogP contribution in [0.2, 0.25) is 0 Å². The molecule has 0 saturated heterocycles. The van der Waals surface area contributed by atoms with E-state index in [9.17, 15) is 4.79 Å². The van der Waals surface area contributed by atoms with Gasteiger partial charge in [0.25, 0.3) is 0 Å². The first-order valence-corrected chi connectivity index (χ1v) is 4.90. The fraction of sp³-hybridized carbons (Fsp3) is 0.125. The van der Waals surface area contributed by atoms with Gasteiger partial charge in [0.15, 0.2) is 5.69 Å². The molecule has 0 spiro atoms. The highest BCUT2D eigenvalue weighted by Crippen LogP contribution is 2.12. The number of anilines is 1. The van der Waals surface area contributed by atoms with Crippen LogP contribution in [0.25, 0.3) is 0 Å². The van der Waals surface area contributed by atoms with E-state index in [0.717, 1.165) is 4.88 Å². The van der Waals surface area contributed by atoms with Crippen LogP contribution in [-0.4, -0.2) is 25.2 Å². The number of aromatic carboxylic acids is 1. The fourth-order valence-corrected chi connectivity index (χ4v) is 1.74. The highest BCUT2D eigenvalue weighted by atomic mass is 32.1. The van der Waals surface area contributed by atoms with Crippen molar-refractivity contribution in [1.82, 2.24) is 14.2 Å². The summed E-state index contributed by atoms with van der Waals surface area (Å²) in [5.74, 6) is -1.12. The highest BCUT2D eigenvalue weighted by molar-refractivity contribution is 7.05. The number of nitrogens with zero attached hydrogens (tertiary/aromatic N) is 3. The second kappa shape index (κ2) is 3.70. The molecule has 0 radical (unpaired) electrons. The van der Waals surface area contributed by atoms with Crippen molar-refractivity contribution in [2.24, 2.45) is 0 Å². The van der Waals surface area contributed by atoms with Gasteiger partial charge in [0.2, 0.25) is 0 Å². The minimum atomic E-state index is -1.12. The third-order valence-corrected chi connectivity index (χ3v) is 2.53. The predicted octanol–water partition coefficient (Wildman–Crippen LogP) is 0.668. The first-order valence-electron chi connectivity index (χ1n) is 4.12. The van der Waals surface area contributed by atoms with Crippen molar-refractivity contribution in [2.75, 3.05) is 5.73 Å². The number of nitrogens with two attached hydrogens (primary N) is 1. The molecule has 78 valence electrons. The van der Waals surface area contributed by atoms with Crippen molar-refractivity contribution in [3.8, 4) is 0 Å². The molecule has 0 bridgehead atoms. The molecule has 0 unspecified atom stereocenters. The lowest BCUT2D eigenvalue weighted by molar-refractivity contribution is 0.0690. The number of aromatic nitrogens is 3. The first kappa shape index (κ1) is 9.66. The summed E-state index contributed by atoms with van der Waals surface area (Å²) < 4.78 is 5.43. The maximum Gasteiger partial charge on any atom is 0.358 e. The zero-order valence-corrected chi connectivity index (χ0v) is 8.44. The molecule has 0 aliphatic carbocycles. The molecule has 0 aliphatic heterocycles. The number of carboxylic acid groups (broad SMARTS) is 1. The van der Waals surface area contributed by atoms with E-state index in [0.29, 0.717) is 6.54 Å². The molecule has 0 aromatic carbocycles. The zero-order valence-electron chi connectivity index (χ0n) is 7.62. The maximum atomic E-state index is 10.7. The van der Waals surface area contributed by atoms with Gasteiger partial charge in [0.1, 0.15) is 0 Å². The van der Waals surface area contributed by atoms with Crippen molar-refractivity contribution < 1.29 is 9.90 Å². The Morgan fingerprint density at radius 3 is 3.00 bits per heavy atom. The Balaban J connectivity index is 2.23. The number of nitrogen functional groups attached to an aromatic ring is 1. The predicted molar refractivity (Wildman–Crippen MR) is 54.8 cm³/mol. The van der Waals surface area contributed by atoms with E-state index in [1.54, 1.807) is 6.20 Å². The number of hydrogen-bond acceptors (Lipinski definition) is 5. The molecule has 2 aromatic heterocycles. The number of hydrogen-bond donors (Lipinski definition) is 2. The van der Waals surface area contributed by atoms with Crippen LogP contribution >= 0.6 is 11.5 Å². The van der Waals surface area contributed by atoms with Crippen LogP contribution in [0.1, 0.15) is 15.4 Å². The Morgan fingerprint density at radius 1 is 1.67 bits per heavy atom. The van der Waals surface area contributed by atoms with E-state index in [1.165, 1.54) is 22.4 Å². The molecule has 0 saturated carbocycles. The summed E-state index contributed by atoms with van der Waals surface area (Å²) in [6, 6.07) is 1.85. The van der Waals surface area contributed by atoms with Crippen LogP contribution in [0.4, 0.5) is 5.69 Å².